The number of alkyl halides is 3. The first kappa shape index (κ1) is 21.0. The molecule has 6 nitrogen and oxygen atoms in total. The van der Waals surface area contributed by atoms with E-state index in [-0.39, 0.29) is 35.8 Å². The van der Waals surface area contributed by atoms with Gasteiger partial charge in [0.05, 0.1) is 6.04 Å². The van der Waals surface area contributed by atoms with E-state index in [1.165, 1.54) is 24.3 Å². The van der Waals surface area contributed by atoms with Crippen molar-refractivity contribution in [1.29, 1.82) is 0 Å². The van der Waals surface area contributed by atoms with Gasteiger partial charge in [-0.3, -0.25) is 9.48 Å². The number of anilines is 1. The molecule has 1 aromatic heterocycles. The molecular formula is C17H20ClF3N4O2. The van der Waals surface area contributed by atoms with Gasteiger partial charge in [0.1, 0.15) is 5.75 Å². The maximum absolute atomic E-state index is 12.3. The van der Waals surface area contributed by atoms with Crippen molar-refractivity contribution in [2.24, 2.45) is 0 Å². The van der Waals surface area contributed by atoms with Gasteiger partial charge in [-0.05, 0) is 49.7 Å². The van der Waals surface area contributed by atoms with Gasteiger partial charge < -0.3 is 15.4 Å². The van der Waals surface area contributed by atoms with Gasteiger partial charge in [-0.15, -0.1) is 12.4 Å². The molecule has 148 valence electrons. The average molecular weight is 405 g/mol. The molecule has 0 bridgehead atoms. The fourth-order valence-corrected chi connectivity index (χ4v) is 2.72. The number of amides is 1. The lowest BCUT2D eigenvalue weighted by Gasteiger charge is -2.22. The fourth-order valence-electron chi connectivity index (χ4n) is 2.72. The maximum Gasteiger partial charge on any atom is 0.422 e. The Labute approximate surface area is 160 Å². The molecule has 1 aliphatic heterocycles. The Hall–Kier alpha value is -2.26. The third-order valence-corrected chi connectivity index (χ3v) is 4.00. The van der Waals surface area contributed by atoms with E-state index >= 15 is 0 Å². The topological polar surface area (TPSA) is 68.2 Å². The molecule has 1 saturated heterocycles. The first-order valence-corrected chi connectivity index (χ1v) is 8.27. The van der Waals surface area contributed by atoms with Crippen molar-refractivity contribution in [1.82, 2.24) is 15.1 Å². The van der Waals surface area contributed by atoms with Gasteiger partial charge in [0.25, 0.3) is 5.91 Å². The lowest BCUT2D eigenvalue weighted by Crippen LogP contribution is -2.32. The Morgan fingerprint density at radius 3 is 2.67 bits per heavy atom. The summed E-state index contributed by atoms with van der Waals surface area (Å²) in [6.07, 6.45) is -0.538. The van der Waals surface area contributed by atoms with Crippen LogP contribution in [-0.4, -0.2) is 41.6 Å². The van der Waals surface area contributed by atoms with Crippen molar-refractivity contribution in [2.45, 2.75) is 25.1 Å². The van der Waals surface area contributed by atoms with Crippen LogP contribution in [-0.2, 0) is 0 Å². The minimum absolute atomic E-state index is 0. The molecule has 27 heavy (non-hydrogen) atoms. The van der Waals surface area contributed by atoms with E-state index in [9.17, 15) is 18.0 Å². The molecule has 1 amide bonds. The highest BCUT2D eigenvalue weighted by Crippen LogP contribution is 2.21. The van der Waals surface area contributed by atoms with Crippen LogP contribution >= 0.6 is 12.4 Å². The van der Waals surface area contributed by atoms with Crippen molar-refractivity contribution in [3.05, 3.63) is 42.2 Å². The van der Waals surface area contributed by atoms with Gasteiger partial charge in [0, 0.05) is 18.4 Å². The van der Waals surface area contributed by atoms with E-state index in [0.717, 1.165) is 25.9 Å². The number of hydrogen-bond acceptors (Lipinski definition) is 4. The van der Waals surface area contributed by atoms with E-state index in [1.54, 1.807) is 16.9 Å². The summed E-state index contributed by atoms with van der Waals surface area (Å²) in [7, 11) is 0. The van der Waals surface area contributed by atoms with Crippen LogP contribution in [0.3, 0.4) is 0 Å². The van der Waals surface area contributed by atoms with E-state index in [2.05, 4.69) is 20.5 Å². The number of carbonyl (C=O) groups excluding carboxylic acids is 1. The minimum Gasteiger partial charge on any atom is -0.484 e. The maximum atomic E-state index is 12.3. The number of nitrogens with zero attached hydrogens (tertiary/aromatic N) is 2. The van der Waals surface area contributed by atoms with E-state index in [1.807, 2.05) is 0 Å². The van der Waals surface area contributed by atoms with Crippen LogP contribution in [0.15, 0.2) is 36.5 Å². The summed E-state index contributed by atoms with van der Waals surface area (Å²) >= 11 is 0. The number of rotatable bonds is 5. The zero-order chi connectivity index (χ0) is 18.6. The summed E-state index contributed by atoms with van der Waals surface area (Å²) in [4.78, 5) is 12.3. The number of aromatic nitrogens is 2. The molecule has 2 aromatic rings. The Morgan fingerprint density at radius 2 is 2.04 bits per heavy atom. The molecular weight excluding hydrogens is 385 g/mol. The highest BCUT2D eigenvalue weighted by atomic mass is 35.5. The first-order valence-electron chi connectivity index (χ1n) is 8.27. The quantitative estimate of drug-likeness (QED) is 0.801. The number of nitrogens with one attached hydrogen (secondary N) is 2. The molecule has 2 N–H and O–H groups in total. The second-order valence-electron chi connectivity index (χ2n) is 6.06. The smallest absolute Gasteiger partial charge is 0.422 e. The van der Waals surface area contributed by atoms with Crippen molar-refractivity contribution < 1.29 is 22.7 Å². The highest BCUT2D eigenvalue weighted by Gasteiger charge is 2.28. The molecule has 2 heterocycles. The van der Waals surface area contributed by atoms with Crippen LogP contribution in [0.2, 0.25) is 0 Å². The lowest BCUT2D eigenvalue weighted by atomic mass is 10.1. The Kier molecular flexibility index (Phi) is 7.09. The van der Waals surface area contributed by atoms with E-state index < -0.39 is 12.8 Å². The molecule has 1 unspecified atom stereocenters. The van der Waals surface area contributed by atoms with Crippen LogP contribution in [0.1, 0.15) is 29.4 Å². The number of benzene rings is 1. The summed E-state index contributed by atoms with van der Waals surface area (Å²) in [5.41, 5.74) is 0.733. The van der Waals surface area contributed by atoms with E-state index in [4.69, 9.17) is 0 Å². The van der Waals surface area contributed by atoms with Gasteiger partial charge in [-0.1, -0.05) is 0 Å². The first-order chi connectivity index (χ1) is 12.4. The molecule has 0 spiro atoms. The third-order valence-electron chi connectivity index (χ3n) is 4.00. The van der Waals surface area contributed by atoms with Crippen molar-refractivity contribution >= 4 is 24.0 Å². The predicted molar refractivity (Wildman–Crippen MR) is 96.6 cm³/mol. The summed E-state index contributed by atoms with van der Waals surface area (Å²) < 4.78 is 42.8. The Balaban J connectivity index is 0.00000261. The summed E-state index contributed by atoms with van der Waals surface area (Å²) in [6, 6.07) is 7.57. The zero-order valence-corrected chi connectivity index (χ0v) is 15.1. The Bertz CT molecular complexity index is 743. The van der Waals surface area contributed by atoms with Gasteiger partial charge in [-0.25, -0.2) is 0 Å². The molecule has 1 fully saturated rings. The Morgan fingerprint density at radius 1 is 1.30 bits per heavy atom. The molecule has 1 aromatic carbocycles. The largest absolute Gasteiger partial charge is 0.484 e. The third kappa shape index (κ3) is 6.14. The monoisotopic (exact) mass is 404 g/mol. The van der Waals surface area contributed by atoms with Crippen LogP contribution in [0.4, 0.5) is 18.9 Å². The summed E-state index contributed by atoms with van der Waals surface area (Å²) in [5.74, 6) is -0.300. The molecule has 0 saturated carbocycles. The van der Waals surface area contributed by atoms with Crippen LogP contribution in [0.25, 0.3) is 0 Å². The van der Waals surface area contributed by atoms with Gasteiger partial charge in [0.15, 0.2) is 12.3 Å². The molecule has 1 aliphatic rings. The average Bonchev–Trinajstić information content (AvgIpc) is 3.11. The number of carbonyl (C=O) groups is 1. The lowest BCUT2D eigenvalue weighted by molar-refractivity contribution is -0.153. The number of ether oxygens (including phenoxy) is 1. The van der Waals surface area contributed by atoms with E-state index in [0.29, 0.717) is 5.69 Å². The van der Waals surface area contributed by atoms with Crippen molar-refractivity contribution in [3.8, 4) is 5.75 Å². The van der Waals surface area contributed by atoms with Crippen LogP contribution in [0, 0.1) is 0 Å². The predicted octanol–water partition coefficient (Wildman–Crippen LogP) is 3.42. The van der Waals surface area contributed by atoms with Gasteiger partial charge in [0.2, 0.25) is 0 Å². The summed E-state index contributed by atoms with van der Waals surface area (Å²) in [5, 5.41) is 10.3. The van der Waals surface area contributed by atoms with Crippen molar-refractivity contribution in [2.75, 3.05) is 25.0 Å². The normalized spacial score (nSPS) is 17.1. The molecule has 0 aliphatic carbocycles. The highest BCUT2D eigenvalue weighted by molar-refractivity contribution is 6.02. The standard InChI is InChI=1S/C17H19F3N4O2.ClH/c18-17(19,20)11-26-14-5-3-12(4-6-14)22-16(25)15-7-9-24(23-15)13-2-1-8-21-10-13;/h3-7,9,13,21H,1-2,8,10-11H2,(H,22,25);1H. The molecule has 0 radical (unpaired) electrons. The second-order valence-corrected chi connectivity index (χ2v) is 6.06. The molecule has 10 heteroatoms. The van der Waals surface area contributed by atoms with Crippen LogP contribution < -0.4 is 15.4 Å². The SMILES string of the molecule is Cl.O=C(Nc1ccc(OCC(F)(F)F)cc1)c1ccn(C2CCCNC2)n1. The number of halogens is 4. The molecule has 3 rings (SSSR count). The second kappa shape index (κ2) is 9.09. The minimum atomic E-state index is -4.39. The number of hydrogen-bond donors (Lipinski definition) is 2. The summed E-state index contributed by atoms with van der Waals surface area (Å²) in [6.45, 7) is 0.460. The fraction of sp³-hybridized carbons (Fsp3) is 0.412. The van der Waals surface area contributed by atoms with Crippen molar-refractivity contribution in [3.63, 3.8) is 0 Å². The van der Waals surface area contributed by atoms with Crippen LogP contribution in [0.5, 0.6) is 5.75 Å². The number of piperidine rings is 1. The van der Waals surface area contributed by atoms with Gasteiger partial charge >= 0.3 is 6.18 Å². The molecule has 1 atom stereocenters. The van der Waals surface area contributed by atoms with Gasteiger partial charge in [-0.2, -0.15) is 18.3 Å². The zero-order valence-electron chi connectivity index (χ0n) is 14.3.